The predicted octanol–water partition coefficient (Wildman–Crippen LogP) is -1.52. The molecule has 0 aliphatic carbocycles. The third-order valence-corrected chi connectivity index (χ3v) is 2.65. The Morgan fingerprint density at radius 1 is 1.20 bits per heavy atom. The van der Waals surface area contributed by atoms with E-state index in [1.54, 1.807) is 20.8 Å². The Bertz CT molecular complexity index is 313. The highest BCUT2D eigenvalue weighted by molar-refractivity contribution is 5.79. The van der Waals surface area contributed by atoms with Crippen molar-refractivity contribution < 1.29 is 40.1 Å². The summed E-state index contributed by atoms with van der Waals surface area (Å²) in [5, 5.41) is 47.4. The Kier molecular flexibility index (Phi) is 7.02. The molecule has 0 spiro atoms. The molecule has 4 atom stereocenters. The van der Waals surface area contributed by atoms with E-state index >= 15 is 0 Å². The summed E-state index contributed by atoms with van der Waals surface area (Å²) in [5.41, 5.74) is -3.29. The van der Waals surface area contributed by atoms with E-state index < -0.39 is 42.1 Å². The van der Waals surface area contributed by atoms with Crippen LogP contribution in [0, 0.1) is 0 Å². The molecule has 120 valence electrons. The van der Waals surface area contributed by atoms with Crippen LogP contribution in [-0.4, -0.2) is 67.6 Å². The van der Waals surface area contributed by atoms with Gasteiger partial charge < -0.3 is 25.5 Å². The minimum Gasteiger partial charge on any atom is -0.394 e. The number of rotatable bonds is 7. The average molecular weight is 296 g/mol. The molecule has 0 saturated heterocycles. The molecule has 0 heterocycles. The zero-order chi connectivity index (χ0) is 16.1. The molecule has 0 aromatic heterocycles. The van der Waals surface area contributed by atoms with Gasteiger partial charge in [0.2, 0.25) is 0 Å². The van der Waals surface area contributed by atoms with Gasteiger partial charge in [-0.2, -0.15) is 4.89 Å². The monoisotopic (exact) mass is 296 g/mol. The summed E-state index contributed by atoms with van der Waals surface area (Å²) < 4.78 is 0. The maximum absolute atomic E-state index is 11.8. The van der Waals surface area contributed by atoms with E-state index in [-0.39, 0.29) is 6.42 Å². The van der Waals surface area contributed by atoms with Gasteiger partial charge in [-0.25, -0.2) is 4.79 Å². The van der Waals surface area contributed by atoms with Crippen molar-refractivity contribution >= 4 is 5.97 Å². The first kappa shape index (κ1) is 19.2. The van der Waals surface area contributed by atoms with Crippen LogP contribution in [0.4, 0.5) is 0 Å². The van der Waals surface area contributed by atoms with Gasteiger partial charge in [-0.05, 0) is 27.2 Å². The van der Waals surface area contributed by atoms with Gasteiger partial charge in [0, 0.05) is 0 Å². The summed E-state index contributed by atoms with van der Waals surface area (Å²) in [7, 11) is 0. The van der Waals surface area contributed by atoms with Crippen LogP contribution in [-0.2, 0) is 14.6 Å². The highest BCUT2D eigenvalue weighted by Crippen LogP contribution is 2.23. The largest absolute Gasteiger partial charge is 0.394 e. The third kappa shape index (κ3) is 4.97. The zero-order valence-corrected chi connectivity index (χ0v) is 12.1. The Morgan fingerprint density at radius 2 is 1.70 bits per heavy atom. The summed E-state index contributed by atoms with van der Waals surface area (Å²) >= 11 is 0. The number of carbonyl (C=O) groups is 1. The number of aliphatic hydroxyl groups excluding tert-OH is 4. The van der Waals surface area contributed by atoms with Gasteiger partial charge in [0.15, 0.2) is 5.60 Å². The highest BCUT2D eigenvalue weighted by Gasteiger charge is 2.49. The predicted molar refractivity (Wildman–Crippen MR) is 67.3 cm³/mol. The van der Waals surface area contributed by atoms with Crippen molar-refractivity contribution in [2.75, 3.05) is 6.61 Å². The molecule has 5 N–H and O–H groups in total. The van der Waals surface area contributed by atoms with Gasteiger partial charge in [0.1, 0.15) is 23.9 Å². The van der Waals surface area contributed by atoms with Crippen LogP contribution in [0.2, 0.25) is 0 Å². The van der Waals surface area contributed by atoms with Gasteiger partial charge in [0.05, 0.1) is 6.61 Å². The van der Waals surface area contributed by atoms with Gasteiger partial charge >= 0.3 is 5.97 Å². The topological polar surface area (TPSA) is 137 Å². The maximum atomic E-state index is 11.8. The lowest BCUT2D eigenvalue weighted by Gasteiger charge is -2.33. The summed E-state index contributed by atoms with van der Waals surface area (Å²) in [6.07, 6.45) is -5.98. The summed E-state index contributed by atoms with van der Waals surface area (Å²) in [4.78, 5) is 21.0. The molecule has 0 radical (unpaired) electrons. The van der Waals surface area contributed by atoms with E-state index in [4.69, 9.17) is 9.99 Å². The van der Waals surface area contributed by atoms with E-state index in [2.05, 4.69) is 4.89 Å². The first-order chi connectivity index (χ1) is 8.99. The minimum absolute atomic E-state index is 0.296. The van der Waals surface area contributed by atoms with Gasteiger partial charge in [-0.1, -0.05) is 6.92 Å². The normalized spacial score (nSPS) is 19.9. The number of carbonyl (C=O) groups excluding carboxylic acids is 1. The minimum atomic E-state index is -2.47. The number of aliphatic hydroxyl groups is 5. The fraction of sp³-hybridized carbons (Fsp3) is 0.917. The Balaban J connectivity index is 4.94. The highest BCUT2D eigenvalue weighted by atomic mass is 17.2. The fourth-order valence-corrected chi connectivity index (χ4v) is 1.31. The van der Waals surface area contributed by atoms with Crippen molar-refractivity contribution in [3.05, 3.63) is 0 Å². The number of hydrogen-bond donors (Lipinski definition) is 5. The number of hydrogen-bond acceptors (Lipinski definition) is 8. The van der Waals surface area contributed by atoms with Crippen molar-refractivity contribution in [2.45, 2.75) is 63.6 Å². The van der Waals surface area contributed by atoms with E-state index in [9.17, 15) is 25.2 Å². The lowest BCUT2D eigenvalue weighted by atomic mass is 9.88. The van der Waals surface area contributed by atoms with Crippen molar-refractivity contribution in [3.63, 3.8) is 0 Å². The first-order valence-corrected chi connectivity index (χ1v) is 6.27. The van der Waals surface area contributed by atoms with Crippen LogP contribution < -0.4 is 0 Å². The quantitative estimate of drug-likeness (QED) is 0.282. The van der Waals surface area contributed by atoms with Crippen molar-refractivity contribution in [3.8, 4) is 0 Å². The SMILES string of the molecule is CCC(O)(C(=O)OOC(C)(C)C)C(O)C(O)C(O)CO. The maximum Gasteiger partial charge on any atom is 0.376 e. The van der Waals surface area contributed by atoms with Crippen molar-refractivity contribution in [2.24, 2.45) is 0 Å². The lowest BCUT2D eigenvalue weighted by molar-refractivity contribution is -0.334. The summed E-state index contributed by atoms with van der Waals surface area (Å²) in [5.74, 6) is -1.30. The molecule has 0 aromatic rings. The molecule has 0 rings (SSSR count). The standard InChI is InChI=1S/C12H24O8/c1-5-12(18,9(16)8(15)7(14)6-13)10(17)19-20-11(2,3)4/h7-9,13-16,18H,5-6H2,1-4H3. The molecule has 8 nitrogen and oxygen atoms in total. The van der Waals surface area contributed by atoms with Crippen LogP contribution in [0.15, 0.2) is 0 Å². The van der Waals surface area contributed by atoms with Crippen molar-refractivity contribution in [1.82, 2.24) is 0 Å². The second-order valence-electron chi connectivity index (χ2n) is 5.53. The van der Waals surface area contributed by atoms with Crippen LogP contribution in [0.3, 0.4) is 0 Å². The molecule has 0 aliphatic heterocycles. The lowest BCUT2D eigenvalue weighted by Crippen LogP contribution is -2.58. The van der Waals surface area contributed by atoms with Crippen LogP contribution in [0.1, 0.15) is 34.1 Å². The average Bonchev–Trinajstić information content (AvgIpc) is 2.40. The van der Waals surface area contributed by atoms with Crippen LogP contribution in [0.5, 0.6) is 0 Å². The van der Waals surface area contributed by atoms with Crippen molar-refractivity contribution in [1.29, 1.82) is 0 Å². The van der Waals surface area contributed by atoms with Crippen LogP contribution in [0.25, 0.3) is 0 Å². The molecule has 0 amide bonds. The summed E-state index contributed by atoms with van der Waals surface area (Å²) in [6, 6.07) is 0. The molecule has 8 heteroatoms. The Morgan fingerprint density at radius 3 is 2.05 bits per heavy atom. The van der Waals surface area contributed by atoms with Gasteiger partial charge in [-0.15, -0.1) is 0 Å². The molecular weight excluding hydrogens is 272 g/mol. The molecular formula is C12H24O8. The second kappa shape index (κ2) is 7.30. The van der Waals surface area contributed by atoms with E-state index in [0.29, 0.717) is 0 Å². The van der Waals surface area contributed by atoms with E-state index in [1.807, 2.05) is 0 Å². The van der Waals surface area contributed by atoms with Gasteiger partial charge in [-0.3, -0.25) is 4.89 Å². The fourth-order valence-electron chi connectivity index (χ4n) is 1.31. The van der Waals surface area contributed by atoms with E-state index in [0.717, 1.165) is 0 Å². The molecule has 20 heavy (non-hydrogen) atoms. The van der Waals surface area contributed by atoms with Crippen LogP contribution >= 0.6 is 0 Å². The smallest absolute Gasteiger partial charge is 0.376 e. The molecule has 0 aromatic carbocycles. The molecule has 0 bridgehead atoms. The Labute approximate surface area is 117 Å². The third-order valence-electron chi connectivity index (χ3n) is 2.65. The molecule has 0 aliphatic rings. The molecule has 0 saturated carbocycles. The molecule has 4 unspecified atom stereocenters. The Hall–Kier alpha value is -0.770. The molecule has 0 fully saturated rings. The summed E-state index contributed by atoms with van der Waals surface area (Å²) in [6.45, 7) is 5.34. The van der Waals surface area contributed by atoms with E-state index in [1.165, 1.54) is 6.92 Å². The second-order valence-corrected chi connectivity index (χ2v) is 5.53. The zero-order valence-electron chi connectivity index (χ0n) is 12.1. The van der Waals surface area contributed by atoms with Gasteiger partial charge in [0.25, 0.3) is 0 Å². The first-order valence-electron chi connectivity index (χ1n) is 6.27.